The fourth-order valence-corrected chi connectivity index (χ4v) is 2.01. The molecule has 0 aliphatic carbocycles. The summed E-state index contributed by atoms with van der Waals surface area (Å²) in [6.07, 6.45) is 0. The third-order valence-electron chi connectivity index (χ3n) is 2.86. The van der Waals surface area contributed by atoms with Gasteiger partial charge in [-0.3, -0.25) is 0 Å². The largest absolute Gasteiger partial charge is 0.345 e. The van der Waals surface area contributed by atoms with Crippen molar-refractivity contribution in [3.63, 3.8) is 0 Å². The van der Waals surface area contributed by atoms with Crippen molar-refractivity contribution in [2.24, 2.45) is 0 Å². The van der Waals surface area contributed by atoms with Gasteiger partial charge in [0, 0.05) is 23.1 Å². The average molecular weight is 263 g/mol. The van der Waals surface area contributed by atoms with Gasteiger partial charge in [0.1, 0.15) is 0 Å². The summed E-state index contributed by atoms with van der Waals surface area (Å²) in [6, 6.07) is 8.60. The predicted octanol–water partition coefficient (Wildman–Crippen LogP) is 6.36. The fourth-order valence-electron chi connectivity index (χ4n) is 2.01. The number of para-hydroxylation sites is 1. The van der Waals surface area contributed by atoms with Crippen LogP contribution >= 0.6 is 0 Å². The van der Waals surface area contributed by atoms with E-state index in [0.717, 1.165) is 6.54 Å². The lowest BCUT2D eigenvalue weighted by Gasteiger charge is -2.02. The van der Waals surface area contributed by atoms with Gasteiger partial charge in [0.2, 0.25) is 0 Å². The van der Waals surface area contributed by atoms with Gasteiger partial charge in [-0.25, -0.2) is 0 Å². The molecule has 0 saturated heterocycles. The number of fused-ring (bicyclic) bond motifs is 1. The van der Waals surface area contributed by atoms with Crippen LogP contribution in [0.1, 0.15) is 59.7 Å². The summed E-state index contributed by atoms with van der Waals surface area (Å²) in [5.41, 5.74) is 4.17. The first-order valence-corrected chi connectivity index (χ1v) is 7.80. The monoisotopic (exact) mass is 263 g/mol. The van der Waals surface area contributed by atoms with Gasteiger partial charge in [-0.1, -0.05) is 59.7 Å². The Bertz CT molecular complexity index is 438. The maximum absolute atomic E-state index is 2.37. The quantitative estimate of drug-likeness (QED) is 0.564. The second-order valence-electron chi connectivity index (χ2n) is 3.47. The summed E-state index contributed by atoms with van der Waals surface area (Å²) < 4.78 is 2.37. The summed E-state index contributed by atoms with van der Waals surface area (Å²) in [6.45, 7) is 19.6. The molecular formula is C18H33N. The van der Waals surface area contributed by atoms with Crippen LogP contribution in [0.5, 0.6) is 0 Å². The Morgan fingerprint density at radius 2 is 1.32 bits per heavy atom. The first-order valence-electron chi connectivity index (χ1n) is 7.80. The Morgan fingerprint density at radius 1 is 0.842 bits per heavy atom. The number of nitrogens with zero attached hydrogens (tertiary/aromatic N) is 1. The van der Waals surface area contributed by atoms with Crippen LogP contribution in [0.2, 0.25) is 0 Å². The molecule has 0 bridgehead atoms. The topological polar surface area (TPSA) is 4.93 Å². The van der Waals surface area contributed by atoms with E-state index in [1.165, 1.54) is 22.2 Å². The second-order valence-corrected chi connectivity index (χ2v) is 3.47. The van der Waals surface area contributed by atoms with Gasteiger partial charge in [-0.2, -0.15) is 0 Å². The average Bonchev–Trinajstić information content (AvgIpc) is 2.77. The van der Waals surface area contributed by atoms with Gasteiger partial charge in [-0.15, -0.1) is 0 Å². The predicted molar refractivity (Wildman–Crippen MR) is 91.1 cm³/mol. The minimum absolute atomic E-state index is 1.06. The van der Waals surface area contributed by atoms with Crippen molar-refractivity contribution in [3.8, 4) is 0 Å². The van der Waals surface area contributed by atoms with E-state index in [1.807, 2.05) is 41.5 Å². The van der Waals surface area contributed by atoms with Crippen molar-refractivity contribution in [3.05, 3.63) is 35.5 Å². The summed E-state index contributed by atoms with van der Waals surface area (Å²) >= 11 is 0. The Labute approximate surface area is 120 Å². The molecular weight excluding hydrogens is 230 g/mol. The lowest BCUT2D eigenvalue weighted by atomic mass is 10.2. The molecule has 0 unspecified atom stereocenters. The zero-order valence-corrected chi connectivity index (χ0v) is 14.5. The Balaban J connectivity index is 0. The van der Waals surface area contributed by atoms with Crippen molar-refractivity contribution in [1.82, 2.24) is 4.57 Å². The van der Waals surface area contributed by atoms with E-state index < -0.39 is 0 Å². The van der Waals surface area contributed by atoms with Gasteiger partial charge in [0.25, 0.3) is 0 Å². The number of rotatable bonds is 1. The molecule has 1 nitrogen and oxygen atoms in total. The standard InChI is InChI=1S/C12H15N.3C2H6/c1-4-13-10(3)9(2)11-7-5-6-8-12(11)13;3*1-2/h5-8H,4H2,1-3H3;3*1-2H3. The second kappa shape index (κ2) is 11.8. The molecule has 2 aromatic rings. The maximum atomic E-state index is 2.37. The molecule has 0 aliphatic heterocycles. The number of aryl methyl sites for hydroxylation is 2. The summed E-state index contributed by atoms with van der Waals surface area (Å²) in [4.78, 5) is 0. The van der Waals surface area contributed by atoms with Crippen molar-refractivity contribution >= 4 is 10.9 Å². The molecule has 0 atom stereocenters. The minimum Gasteiger partial charge on any atom is -0.345 e. The number of benzene rings is 1. The summed E-state index contributed by atoms with van der Waals surface area (Å²) in [5.74, 6) is 0. The van der Waals surface area contributed by atoms with E-state index in [2.05, 4.69) is 49.6 Å². The first kappa shape index (κ1) is 20.1. The smallest absolute Gasteiger partial charge is 0.0485 e. The molecule has 0 amide bonds. The molecule has 19 heavy (non-hydrogen) atoms. The van der Waals surface area contributed by atoms with Gasteiger partial charge in [0.15, 0.2) is 0 Å². The highest BCUT2D eigenvalue weighted by Crippen LogP contribution is 2.24. The molecule has 0 saturated carbocycles. The molecule has 0 aliphatic rings. The summed E-state index contributed by atoms with van der Waals surface area (Å²) in [7, 11) is 0. The van der Waals surface area contributed by atoms with E-state index >= 15 is 0 Å². The van der Waals surface area contributed by atoms with Crippen molar-refractivity contribution in [1.29, 1.82) is 0 Å². The Kier molecular flexibility index (Phi) is 12.5. The lowest BCUT2D eigenvalue weighted by Crippen LogP contribution is -1.95. The lowest BCUT2D eigenvalue weighted by molar-refractivity contribution is 0.766. The first-order chi connectivity index (χ1) is 9.25. The SMILES string of the molecule is CC.CC.CC.CCn1c(C)c(C)c2ccccc21. The molecule has 0 spiro atoms. The Hall–Kier alpha value is -1.24. The van der Waals surface area contributed by atoms with E-state index in [4.69, 9.17) is 0 Å². The molecule has 0 fully saturated rings. The van der Waals surface area contributed by atoms with Crippen LogP contribution in [0.15, 0.2) is 24.3 Å². The highest BCUT2D eigenvalue weighted by Gasteiger charge is 2.07. The number of hydrogen-bond acceptors (Lipinski definition) is 0. The zero-order chi connectivity index (χ0) is 15.4. The van der Waals surface area contributed by atoms with Gasteiger partial charge in [0.05, 0.1) is 0 Å². The maximum Gasteiger partial charge on any atom is 0.0485 e. The molecule has 1 aromatic carbocycles. The van der Waals surface area contributed by atoms with E-state index in [9.17, 15) is 0 Å². The van der Waals surface area contributed by atoms with Gasteiger partial charge < -0.3 is 4.57 Å². The van der Waals surface area contributed by atoms with Crippen LogP contribution in [-0.4, -0.2) is 4.57 Å². The third-order valence-corrected chi connectivity index (χ3v) is 2.86. The molecule has 0 N–H and O–H groups in total. The Morgan fingerprint density at radius 3 is 1.79 bits per heavy atom. The number of aromatic nitrogens is 1. The third kappa shape index (κ3) is 4.74. The van der Waals surface area contributed by atoms with Gasteiger partial charge in [-0.05, 0) is 32.4 Å². The molecule has 1 aromatic heterocycles. The molecule has 1 heterocycles. The van der Waals surface area contributed by atoms with Crippen LogP contribution in [0, 0.1) is 13.8 Å². The van der Waals surface area contributed by atoms with E-state index in [0.29, 0.717) is 0 Å². The number of hydrogen-bond donors (Lipinski definition) is 0. The van der Waals surface area contributed by atoms with Crippen molar-refractivity contribution in [2.75, 3.05) is 0 Å². The van der Waals surface area contributed by atoms with Crippen molar-refractivity contribution in [2.45, 2.75) is 68.9 Å². The van der Waals surface area contributed by atoms with E-state index in [-0.39, 0.29) is 0 Å². The van der Waals surface area contributed by atoms with E-state index in [1.54, 1.807) is 0 Å². The van der Waals surface area contributed by atoms with Crippen LogP contribution < -0.4 is 0 Å². The fraction of sp³-hybridized carbons (Fsp3) is 0.556. The van der Waals surface area contributed by atoms with Crippen LogP contribution in [-0.2, 0) is 6.54 Å². The van der Waals surface area contributed by atoms with Crippen LogP contribution in [0.4, 0.5) is 0 Å². The molecule has 1 heteroatoms. The summed E-state index contributed by atoms with van der Waals surface area (Å²) in [5, 5.41) is 1.39. The molecule has 0 radical (unpaired) electrons. The highest BCUT2D eigenvalue weighted by molar-refractivity contribution is 5.85. The van der Waals surface area contributed by atoms with Crippen LogP contribution in [0.25, 0.3) is 10.9 Å². The molecule has 110 valence electrons. The highest BCUT2D eigenvalue weighted by atomic mass is 15.0. The van der Waals surface area contributed by atoms with Crippen LogP contribution in [0.3, 0.4) is 0 Å². The van der Waals surface area contributed by atoms with Gasteiger partial charge >= 0.3 is 0 Å². The molecule has 2 rings (SSSR count). The minimum atomic E-state index is 1.06. The van der Waals surface area contributed by atoms with Crippen molar-refractivity contribution < 1.29 is 0 Å². The zero-order valence-electron chi connectivity index (χ0n) is 14.5. The normalized spacial score (nSPS) is 8.47.